The molecule has 0 radical (unpaired) electrons. The Labute approximate surface area is 395 Å². The van der Waals surface area contributed by atoms with Gasteiger partial charge in [0.15, 0.2) is 0 Å². The fourth-order valence-corrected chi connectivity index (χ4v) is 11.0. The Morgan fingerprint density at radius 1 is 0.239 bits per heavy atom. The van der Waals surface area contributed by atoms with Crippen LogP contribution in [0.15, 0.2) is 237 Å². The van der Waals surface area contributed by atoms with Crippen molar-refractivity contribution in [1.82, 2.24) is 0 Å². The molecule has 0 amide bonds. The van der Waals surface area contributed by atoms with Crippen LogP contribution in [0.25, 0.3) is 77.9 Å². The predicted molar refractivity (Wildman–Crippen MR) is 283 cm³/mol. The molecule has 0 bridgehead atoms. The zero-order valence-electron chi connectivity index (χ0n) is 38.5. The molecule has 0 N–H and O–H groups in total. The second-order valence-electron chi connectivity index (χ2n) is 19.3. The van der Waals surface area contributed by atoms with Gasteiger partial charge in [0.2, 0.25) is 0 Å². The third-order valence-corrected chi connectivity index (χ3v) is 14.7. The fraction of sp³-hybridized carbons (Fsp3) is 0.0909. The first kappa shape index (κ1) is 40.5. The van der Waals surface area contributed by atoms with Crippen LogP contribution in [-0.4, -0.2) is 0 Å². The summed E-state index contributed by atoms with van der Waals surface area (Å²) in [5.41, 5.74) is 25.9. The quantitative estimate of drug-likeness (QED) is 0.147. The van der Waals surface area contributed by atoms with E-state index in [9.17, 15) is 0 Å². The highest BCUT2D eigenvalue weighted by molar-refractivity contribution is 5.93. The van der Waals surface area contributed by atoms with E-state index in [4.69, 9.17) is 0 Å². The summed E-state index contributed by atoms with van der Waals surface area (Å²) in [4.78, 5) is 2.51. The molecule has 1 heteroatoms. The number of nitrogens with zero attached hydrogens (tertiary/aromatic N) is 1. The summed E-state index contributed by atoms with van der Waals surface area (Å²) in [5.74, 6) is 0. The van der Waals surface area contributed by atoms with Gasteiger partial charge in [0.1, 0.15) is 0 Å². The predicted octanol–water partition coefficient (Wildman–Crippen LogP) is 18.1. The highest BCUT2D eigenvalue weighted by atomic mass is 15.1. The first-order valence-corrected chi connectivity index (χ1v) is 23.6. The van der Waals surface area contributed by atoms with E-state index in [1.165, 1.54) is 100 Å². The summed E-state index contributed by atoms with van der Waals surface area (Å²) in [6.07, 6.45) is 0. The van der Waals surface area contributed by atoms with Gasteiger partial charge in [-0.1, -0.05) is 222 Å². The maximum absolute atomic E-state index is 2.51. The molecule has 0 aliphatic heterocycles. The van der Waals surface area contributed by atoms with Gasteiger partial charge in [-0.15, -0.1) is 0 Å². The van der Waals surface area contributed by atoms with Gasteiger partial charge >= 0.3 is 0 Å². The summed E-state index contributed by atoms with van der Waals surface area (Å²) in [7, 11) is 0. The summed E-state index contributed by atoms with van der Waals surface area (Å²) in [6, 6.07) is 87.5. The van der Waals surface area contributed by atoms with Crippen LogP contribution in [0.1, 0.15) is 49.9 Å². The highest BCUT2D eigenvalue weighted by Gasteiger charge is 2.38. The van der Waals surface area contributed by atoms with Crippen LogP contribution in [0.4, 0.5) is 17.1 Å². The maximum Gasteiger partial charge on any atom is 0.0540 e. The largest absolute Gasteiger partial charge is 0.310 e. The molecule has 0 saturated heterocycles. The molecular formula is C66H51N. The first-order valence-electron chi connectivity index (χ1n) is 23.6. The maximum atomic E-state index is 2.51. The van der Waals surface area contributed by atoms with Crippen molar-refractivity contribution >= 4 is 17.1 Å². The van der Waals surface area contributed by atoms with Crippen molar-refractivity contribution in [2.75, 3.05) is 4.90 Å². The zero-order valence-corrected chi connectivity index (χ0v) is 38.5. The zero-order chi connectivity index (χ0) is 45.3. The minimum absolute atomic E-state index is 0.203. The van der Waals surface area contributed by atoms with Gasteiger partial charge in [0.05, 0.1) is 5.69 Å². The molecule has 0 atom stereocenters. The van der Waals surface area contributed by atoms with Crippen LogP contribution in [0.5, 0.6) is 0 Å². The lowest BCUT2D eigenvalue weighted by Crippen LogP contribution is -2.18. The van der Waals surface area contributed by atoms with E-state index in [1.54, 1.807) is 0 Å². The molecule has 0 saturated carbocycles. The molecule has 10 aromatic carbocycles. The Kier molecular flexibility index (Phi) is 9.59. The Morgan fingerprint density at radius 2 is 0.537 bits per heavy atom. The average Bonchev–Trinajstić information content (AvgIpc) is 3.75. The van der Waals surface area contributed by atoms with Gasteiger partial charge in [-0.3, -0.25) is 0 Å². The molecule has 2 aliphatic rings. The van der Waals surface area contributed by atoms with Gasteiger partial charge in [0.25, 0.3) is 0 Å². The summed E-state index contributed by atoms with van der Waals surface area (Å²) < 4.78 is 0. The Morgan fingerprint density at radius 3 is 0.970 bits per heavy atom. The molecule has 10 aromatic rings. The molecule has 0 aromatic heterocycles. The minimum Gasteiger partial charge on any atom is -0.310 e. The SMILES string of the molecule is CC1(C)c2cc(-c3ccccc3)ccc2-c2ccc(N(c3ccc4c(c3)C(C)(C)c3cc(-c5ccc(-c6ccccc6)cc5)ccc3-4)c3ccccc3-c3ccc(-c4ccccc4)cc3)cc21. The van der Waals surface area contributed by atoms with E-state index < -0.39 is 0 Å². The Bertz CT molecular complexity index is 3470. The number of anilines is 3. The van der Waals surface area contributed by atoms with E-state index >= 15 is 0 Å². The van der Waals surface area contributed by atoms with Gasteiger partial charge in [0, 0.05) is 27.8 Å². The Hall–Kier alpha value is -8.00. The van der Waals surface area contributed by atoms with Crippen LogP contribution in [-0.2, 0) is 10.8 Å². The molecule has 0 spiro atoms. The van der Waals surface area contributed by atoms with Crippen molar-refractivity contribution < 1.29 is 0 Å². The lowest BCUT2D eigenvalue weighted by atomic mass is 9.81. The number of hydrogen-bond acceptors (Lipinski definition) is 1. The van der Waals surface area contributed by atoms with Crippen LogP contribution < -0.4 is 4.90 Å². The van der Waals surface area contributed by atoms with Crippen molar-refractivity contribution in [2.45, 2.75) is 38.5 Å². The van der Waals surface area contributed by atoms with Crippen LogP contribution >= 0.6 is 0 Å². The van der Waals surface area contributed by atoms with E-state index in [0.717, 1.165) is 17.1 Å². The molecule has 12 rings (SSSR count). The van der Waals surface area contributed by atoms with Crippen molar-refractivity contribution in [3.05, 3.63) is 259 Å². The number of benzene rings is 10. The molecule has 0 heterocycles. The summed E-state index contributed by atoms with van der Waals surface area (Å²) in [6.45, 7) is 9.58. The molecule has 0 fully saturated rings. The van der Waals surface area contributed by atoms with Crippen LogP contribution in [0.2, 0.25) is 0 Å². The smallest absolute Gasteiger partial charge is 0.0540 e. The first-order chi connectivity index (χ1) is 32.7. The second kappa shape index (κ2) is 15.9. The molecular weight excluding hydrogens is 807 g/mol. The van der Waals surface area contributed by atoms with E-state index in [0.29, 0.717) is 0 Å². The van der Waals surface area contributed by atoms with Gasteiger partial charge in [-0.2, -0.15) is 0 Å². The van der Waals surface area contributed by atoms with Gasteiger partial charge < -0.3 is 4.90 Å². The number of para-hydroxylation sites is 1. The monoisotopic (exact) mass is 857 g/mol. The fourth-order valence-electron chi connectivity index (χ4n) is 11.0. The van der Waals surface area contributed by atoms with Gasteiger partial charge in [-0.25, -0.2) is 0 Å². The van der Waals surface area contributed by atoms with E-state index in [-0.39, 0.29) is 10.8 Å². The Balaban J connectivity index is 0.969. The molecule has 2 aliphatic carbocycles. The molecule has 0 unspecified atom stereocenters. The minimum atomic E-state index is -0.225. The summed E-state index contributed by atoms with van der Waals surface area (Å²) >= 11 is 0. The lowest BCUT2D eigenvalue weighted by molar-refractivity contribution is 0.660. The highest BCUT2D eigenvalue weighted by Crippen LogP contribution is 2.55. The van der Waals surface area contributed by atoms with E-state index in [2.05, 4.69) is 269 Å². The third kappa shape index (κ3) is 6.85. The number of rotatable bonds is 8. The average molecular weight is 858 g/mol. The molecule has 67 heavy (non-hydrogen) atoms. The van der Waals surface area contributed by atoms with Crippen LogP contribution in [0, 0.1) is 0 Å². The van der Waals surface area contributed by atoms with E-state index in [1.807, 2.05) is 0 Å². The molecule has 1 nitrogen and oxygen atoms in total. The van der Waals surface area contributed by atoms with Crippen molar-refractivity contribution in [2.24, 2.45) is 0 Å². The third-order valence-electron chi connectivity index (χ3n) is 14.7. The van der Waals surface area contributed by atoms with Crippen molar-refractivity contribution in [3.8, 4) is 77.9 Å². The number of fused-ring (bicyclic) bond motifs is 6. The van der Waals surface area contributed by atoms with Crippen LogP contribution in [0.3, 0.4) is 0 Å². The summed E-state index contributed by atoms with van der Waals surface area (Å²) in [5, 5.41) is 0. The topological polar surface area (TPSA) is 3.24 Å². The van der Waals surface area contributed by atoms with Gasteiger partial charge in [-0.05, 0) is 137 Å². The van der Waals surface area contributed by atoms with Crippen molar-refractivity contribution in [3.63, 3.8) is 0 Å². The van der Waals surface area contributed by atoms with Crippen molar-refractivity contribution in [1.29, 1.82) is 0 Å². The number of hydrogen-bond donors (Lipinski definition) is 0. The second-order valence-corrected chi connectivity index (χ2v) is 19.3. The lowest BCUT2D eigenvalue weighted by Gasteiger charge is -2.31. The molecule has 320 valence electrons. The standard InChI is InChI=1S/C66H51N/c1-65(2)60-40-51(46-20-12-7-13-21-46)32-36-56(60)58-38-34-53(42-62(58)65)67(64-23-15-14-22-55(64)50-30-28-48(29-31-50)45-18-10-6-11-19-45)54-35-39-59-57-37-33-52(41-61(57)66(3,4)63(59)43-54)49-26-24-47(25-27-49)44-16-8-5-9-17-44/h5-43H,1-4H3. The normalized spacial score (nSPS) is 13.6.